The summed E-state index contributed by atoms with van der Waals surface area (Å²) < 4.78 is 13.6. The van der Waals surface area contributed by atoms with Gasteiger partial charge in [-0.15, -0.1) is 5.73 Å². The molecule has 0 aliphatic heterocycles. The quantitative estimate of drug-likeness (QED) is 0.341. The molecule has 0 aromatic heterocycles. The number of benzene rings is 2. The molecule has 5 heteroatoms. The van der Waals surface area contributed by atoms with E-state index in [1.54, 1.807) is 12.1 Å². The summed E-state index contributed by atoms with van der Waals surface area (Å²) in [6, 6.07) is 13.4. The molecule has 0 heterocycles. The first kappa shape index (κ1) is 22.5. The van der Waals surface area contributed by atoms with Gasteiger partial charge in [0.1, 0.15) is 11.7 Å². The van der Waals surface area contributed by atoms with Crippen LogP contribution in [-0.4, -0.2) is 44.0 Å². The minimum Gasteiger partial charge on any atom is -0.376 e. The van der Waals surface area contributed by atoms with E-state index < -0.39 is 0 Å². The van der Waals surface area contributed by atoms with Gasteiger partial charge >= 0.3 is 0 Å². The lowest BCUT2D eigenvalue weighted by Crippen LogP contribution is -2.40. The lowest BCUT2D eigenvalue weighted by molar-refractivity contribution is 0.323. The summed E-state index contributed by atoms with van der Waals surface area (Å²) in [5, 5.41) is 3.21. The van der Waals surface area contributed by atoms with Crippen LogP contribution in [0.4, 0.5) is 15.8 Å². The molecule has 1 saturated carbocycles. The lowest BCUT2D eigenvalue weighted by atomic mass is 10.1. The van der Waals surface area contributed by atoms with Gasteiger partial charge in [-0.3, -0.25) is 4.90 Å². The fourth-order valence-corrected chi connectivity index (χ4v) is 3.57. The zero-order valence-corrected chi connectivity index (χ0v) is 18.7. The first-order chi connectivity index (χ1) is 14.9. The van der Waals surface area contributed by atoms with Crippen LogP contribution in [0.2, 0.25) is 0 Å². The summed E-state index contributed by atoms with van der Waals surface area (Å²) in [4.78, 5) is 9.33. The molecule has 1 aliphatic rings. The summed E-state index contributed by atoms with van der Waals surface area (Å²) >= 11 is 0. The van der Waals surface area contributed by atoms with E-state index in [2.05, 4.69) is 66.2 Å². The molecular weight excluding hydrogens is 387 g/mol. The molecule has 0 spiro atoms. The monoisotopic (exact) mass is 418 g/mol. The van der Waals surface area contributed by atoms with Gasteiger partial charge in [0, 0.05) is 43.6 Å². The highest BCUT2D eigenvalue weighted by molar-refractivity contribution is 5.87. The fourth-order valence-electron chi connectivity index (χ4n) is 3.57. The second-order valence-electron chi connectivity index (χ2n) is 7.91. The van der Waals surface area contributed by atoms with E-state index in [-0.39, 0.29) is 5.82 Å². The van der Waals surface area contributed by atoms with Crippen LogP contribution in [0.5, 0.6) is 0 Å². The van der Waals surface area contributed by atoms with Crippen molar-refractivity contribution in [3.8, 4) is 0 Å². The highest BCUT2D eigenvalue weighted by atomic mass is 19.1. The topological polar surface area (TPSA) is 30.9 Å². The fraction of sp³-hybridized carbons (Fsp3) is 0.308. The average Bonchev–Trinajstić information content (AvgIpc) is 3.59. The number of amidine groups is 1. The smallest absolute Gasteiger partial charge is 0.123 e. The van der Waals surface area contributed by atoms with Gasteiger partial charge in [0.2, 0.25) is 0 Å². The Hall–Kier alpha value is -3.14. The predicted molar refractivity (Wildman–Crippen MR) is 129 cm³/mol. The van der Waals surface area contributed by atoms with Crippen molar-refractivity contribution in [3.05, 3.63) is 84.0 Å². The molecule has 0 radical (unpaired) electrons. The molecule has 1 fully saturated rings. The molecule has 3 rings (SSSR count). The number of para-hydroxylation sites is 1. The second-order valence-corrected chi connectivity index (χ2v) is 7.91. The van der Waals surface area contributed by atoms with Crippen LogP contribution in [0.3, 0.4) is 0 Å². The predicted octanol–water partition coefficient (Wildman–Crippen LogP) is 5.30. The third kappa shape index (κ3) is 5.94. The number of rotatable bonds is 9. The Balaban J connectivity index is 1.77. The Labute approximate surface area is 185 Å². The van der Waals surface area contributed by atoms with Crippen molar-refractivity contribution in [2.75, 3.05) is 32.1 Å². The van der Waals surface area contributed by atoms with Crippen molar-refractivity contribution in [1.82, 2.24) is 10.2 Å². The Morgan fingerprint density at radius 3 is 2.65 bits per heavy atom. The van der Waals surface area contributed by atoms with E-state index in [9.17, 15) is 4.39 Å². The van der Waals surface area contributed by atoms with Crippen molar-refractivity contribution in [2.24, 2.45) is 4.99 Å². The SMILES string of the molecule is C=C=Cc1cc(F)ccc1/N=C(/CN(CC(=C)N(C)c1ccccc1C)C1CC1)NC. The standard InChI is InChI=1S/C26H31FN4/c1-6-9-21-16-22(27)12-15-24(21)29-26(28-4)18-31(23-13-14-23)17-20(3)30(5)25-11-8-7-10-19(25)2/h7-12,15-16,23H,1,3,13-14,17-18H2,2,4-5H3,(H,28,29). The normalized spacial score (nSPS) is 13.6. The highest BCUT2D eigenvalue weighted by Gasteiger charge is 2.30. The van der Waals surface area contributed by atoms with Crippen molar-refractivity contribution < 1.29 is 4.39 Å². The molecular formula is C26H31FN4. The summed E-state index contributed by atoms with van der Waals surface area (Å²) in [7, 11) is 3.93. The molecule has 0 atom stereocenters. The minimum absolute atomic E-state index is 0.304. The Morgan fingerprint density at radius 1 is 1.26 bits per heavy atom. The third-order valence-electron chi connectivity index (χ3n) is 5.54. The maximum absolute atomic E-state index is 13.6. The Bertz CT molecular complexity index is 1020. The number of aryl methyl sites for hydroxylation is 1. The largest absolute Gasteiger partial charge is 0.376 e. The molecule has 162 valence electrons. The zero-order valence-electron chi connectivity index (χ0n) is 18.7. The summed E-state index contributed by atoms with van der Waals surface area (Å²) in [5.41, 5.74) is 7.48. The van der Waals surface area contributed by atoms with Gasteiger partial charge in [0.15, 0.2) is 0 Å². The van der Waals surface area contributed by atoms with Crippen LogP contribution in [0, 0.1) is 12.7 Å². The van der Waals surface area contributed by atoms with Crippen molar-refractivity contribution in [1.29, 1.82) is 0 Å². The van der Waals surface area contributed by atoms with E-state index in [0.717, 1.165) is 23.8 Å². The number of anilines is 1. The Morgan fingerprint density at radius 2 is 2.00 bits per heavy atom. The minimum atomic E-state index is -0.304. The molecule has 1 N–H and O–H groups in total. The number of halogens is 1. The van der Waals surface area contributed by atoms with Crippen LogP contribution in [0.15, 0.2) is 72.0 Å². The lowest BCUT2D eigenvalue weighted by Gasteiger charge is -2.29. The highest BCUT2D eigenvalue weighted by Crippen LogP contribution is 2.29. The Kier molecular flexibility index (Phi) is 7.45. The number of likely N-dealkylation sites (N-methyl/N-ethyl adjacent to an activating group) is 2. The zero-order chi connectivity index (χ0) is 22.4. The van der Waals surface area contributed by atoms with E-state index in [4.69, 9.17) is 4.99 Å². The van der Waals surface area contributed by atoms with Crippen LogP contribution >= 0.6 is 0 Å². The molecule has 4 nitrogen and oxygen atoms in total. The maximum atomic E-state index is 13.6. The molecule has 31 heavy (non-hydrogen) atoms. The molecule has 1 aliphatic carbocycles. The summed E-state index contributed by atoms with van der Waals surface area (Å²) in [6.45, 7) is 11.5. The van der Waals surface area contributed by atoms with Gasteiger partial charge in [0.25, 0.3) is 0 Å². The summed E-state index contributed by atoms with van der Waals surface area (Å²) in [5.74, 6) is 0.519. The van der Waals surface area contributed by atoms with E-state index in [1.165, 1.54) is 30.5 Å². The maximum Gasteiger partial charge on any atom is 0.123 e. The number of hydrogen-bond acceptors (Lipinski definition) is 3. The first-order valence-corrected chi connectivity index (χ1v) is 10.5. The molecule has 0 bridgehead atoms. The molecule has 2 aromatic carbocycles. The van der Waals surface area contributed by atoms with Crippen molar-refractivity contribution in [2.45, 2.75) is 25.8 Å². The van der Waals surface area contributed by atoms with Crippen molar-refractivity contribution >= 4 is 23.3 Å². The van der Waals surface area contributed by atoms with Crippen LogP contribution in [0.1, 0.15) is 24.0 Å². The molecule has 0 saturated heterocycles. The molecule has 0 amide bonds. The number of nitrogens with one attached hydrogen (secondary N) is 1. The number of hydrogen-bond donors (Lipinski definition) is 1. The van der Waals surface area contributed by atoms with Crippen LogP contribution < -0.4 is 10.2 Å². The van der Waals surface area contributed by atoms with E-state index in [1.807, 2.05) is 13.1 Å². The van der Waals surface area contributed by atoms with Gasteiger partial charge < -0.3 is 10.2 Å². The van der Waals surface area contributed by atoms with E-state index in [0.29, 0.717) is 23.8 Å². The first-order valence-electron chi connectivity index (χ1n) is 10.5. The van der Waals surface area contributed by atoms with E-state index >= 15 is 0 Å². The van der Waals surface area contributed by atoms with Gasteiger partial charge in [0.05, 0.1) is 12.2 Å². The third-order valence-corrected chi connectivity index (χ3v) is 5.54. The molecule has 0 unspecified atom stereocenters. The average molecular weight is 419 g/mol. The van der Waals surface area contributed by atoms with Crippen LogP contribution in [0.25, 0.3) is 6.08 Å². The molecule has 2 aromatic rings. The summed E-state index contributed by atoms with van der Waals surface area (Å²) in [6.07, 6.45) is 4.01. The second kappa shape index (κ2) is 10.3. The van der Waals surface area contributed by atoms with Gasteiger partial charge in [-0.05, 0) is 55.7 Å². The number of nitrogens with zero attached hydrogens (tertiary/aromatic N) is 3. The van der Waals surface area contributed by atoms with Gasteiger partial charge in [-0.2, -0.15) is 0 Å². The number of aliphatic imine (C=N–C) groups is 1. The van der Waals surface area contributed by atoms with Crippen LogP contribution in [-0.2, 0) is 0 Å². The van der Waals surface area contributed by atoms with Crippen molar-refractivity contribution in [3.63, 3.8) is 0 Å². The van der Waals surface area contributed by atoms with Gasteiger partial charge in [-0.1, -0.05) is 31.4 Å². The van der Waals surface area contributed by atoms with Gasteiger partial charge in [-0.25, -0.2) is 9.38 Å².